The van der Waals surface area contributed by atoms with Crippen LogP contribution in [0.15, 0.2) is 12.1 Å². The second kappa shape index (κ2) is 6.27. The molecule has 0 unspecified atom stereocenters. The maximum atomic E-state index is 12.6. The summed E-state index contributed by atoms with van der Waals surface area (Å²) in [4.78, 5) is 22.1. The summed E-state index contributed by atoms with van der Waals surface area (Å²) in [6.07, 6.45) is 8.01. The first kappa shape index (κ1) is 15.6. The molecule has 4 aliphatic rings. The number of rotatable bonds is 3. The average molecular weight is 340 g/mol. The van der Waals surface area contributed by atoms with E-state index in [0.29, 0.717) is 23.9 Å². The summed E-state index contributed by atoms with van der Waals surface area (Å²) >= 11 is 0. The van der Waals surface area contributed by atoms with Gasteiger partial charge in [-0.1, -0.05) is 18.9 Å². The standard InChI is InChI=1S/C20H28N4O/c25-20(9-14-3-1-2-4-14)23-8-7-18-15(12-23)5-6-19(22-18)24-13-16-10-17(24)11-21-16/h5-6,14,16-17,21H,1-4,7-13H2/t16-,17-/m1/s1. The van der Waals surface area contributed by atoms with E-state index in [9.17, 15) is 4.79 Å². The quantitative estimate of drug-likeness (QED) is 0.915. The molecule has 5 nitrogen and oxygen atoms in total. The smallest absolute Gasteiger partial charge is 0.223 e. The number of pyridine rings is 1. The van der Waals surface area contributed by atoms with Gasteiger partial charge in [0.2, 0.25) is 5.91 Å². The zero-order chi connectivity index (χ0) is 16.8. The lowest BCUT2D eigenvalue weighted by atomic mass is 10.0. The molecule has 3 aliphatic heterocycles. The van der Waals surface area contributed by atoms with Crippen molar-refractivity contribution in [3.05, 3.63) is 23.4 Å². The first-order chi connectivity index (χ1) is 12.3. The zero-order valence-corrected chi connectivity index (χ0v) is 14.9. The van der Waals surface area contributed by atoms with Crippen molar-refractivity contribution in [2.45, 2.75) is 63.6 Å². The Hall–Kier alpha value is -1.62. The molecule has 2 bridgehead atoms. The maximum Gasteiger partial charge on any atom is 0.223 e. The van der Waals surface area contributed by atoms with Crippen LogP contribution in [0, 0.1) is 5.92 Å². The van der Waals surface area contributed by atoms with E-state index in [0.717, 1.165) is 44.8 Å². The van der Waals surface area contributed by atoms with Gasteiger partial charge in [-0.05, 0) is 36.8 Å². The second-order valence-corrected chi connectivity index (χ2v) is 8.34. The van der Waals surface area contributed by atoms with Crippen LogP contribution in [0.25, 0.3) is 0 Å². The summed E-state index contributed by atoms with van der Waals surface area (Å²) in [7, 11) is 0. The predicted molar refractivity (Wildman–Crippen MR) is 97.5 cm³/mol. The molecule has 25 heavy (non-hydrogen) atoms. The number of hydrogen-bond acceptors (Lipinski definition) is 4. The monoisotopic (exact) mass is 340 g/mol. The minimum absolute atomic E-state index is 0.351. The Balaban J connectivity index is 1.26. The number of fused-ring (bicyclic) bond motifs is 3. The first-order valence-electron chi connectivity index (χ1n) is 10.0. The predicted octanol–water partition coefficient (Wildman–Crippen LogP) is 2.10. The van der Waals surface area contributed by atoms with Crippen molar-refractivity contribution in [1.82, 2.24) is 15.2 Å². The van der Waals surface area contributed by atoms with Gasteiger partial charge < -0.3 is 15.1 Å². The molecular formula is C20H28N4O. The van der Waals surface area contributed by atoms with E-state index in [1.165, 1.54) is 43.4 Å². The van der Waals surface area contributed by atoms with E-state index in [-0.39, 0.29) is 0 Å². The van der Waals surface area contributed by atoms with Crippen LogP contribution < -0.4 is 10.2 Å². The highest BCUT2D eigenvalue weighted by Gasteiger charge is 2.38. The van der Waals surface area contributed by atoms with Crippen LogP contribution in [0.4, 0.5) is 5.82 Å². The number of carbonyl (C=O) groups is 1. The molecule has 2 atom stereocenters. The highest BCUT2D eigenvalue weighted by atomic mass is 16.2. The van der Waals surface area contributed by atoms with Gasteiger partial charge in [-0.2, -0.15) is 0 Å². The fourth-order valence-corrected chi connectivity index (χ4v) is 5.21. The molecule has 1 N–H and O–H groups in total. The Kier molecular flexibility index (Phi) is 3.92. The fourth-order valence-electron chi connectivity index (χ4n) is 5.21. The summed E-state index contributed by atoms with van der Waals surface area (Å²) in [5.74, 6) is 2.12. The molecule has 2 saturated heterocycles. The third-order valence-electron chi connectivity index (χ3n) is 6.68. The highest BCUT2D eigenvalue weighted by Crippen LogP contribution is 2.31. The van der Waals surface area contributed by atoms with Gasteiger partial charge in [-0.3, -0.25) is 4.79 Å². The summed E-state index contributed by atoms with van der Waals surface area (Å²) in [6.45, 7) is 3.76. The lowest BCUT2D eigenvalue weighted by Gasteiger charge is -2.32. The molecule has 1 aliphatic carbocycles. The van der Waals surface area contributed by atoms with Gasteiger partial charge in [-0.25, -0.2) is 4.98 Å². The molecule has 5 rings (SSSR count). The van der Waals surface area contributed by atoms with Crippen LogP contribution in [0.5, 0.6) is 0 Å². The first-order valence-corrected chi connectivity index (χ1v) is 10.0. The molecule has 0 aromatic carbocycles. The van der Waals surface area contributed by atoms with Crippen molar-refractivity contribution < 1.29 is 4.79 Å². The number of carbonyl (C=O) groups excluding carboxylic acids is 1. The summed E-state index contributed by atoms with van der Waals surface area (Å²) < 4.78 is 0. The van der Waals surface area contributed by atoms with Crippen LogP contribution in [-0.4, -0.2) is 47.5 Å². The number of aromatic nitrogens is 1. The third-order valence-corrected chi connectivity index (χ3v) is 6.68. The van der Waals surface area contributed by atoms with Gasteiger partial charge in [0, 0.05) is 56.8 Å². The lowest BCUT2D eigenvalue weighted by molar-refractivity contribution is -0.133. The normalized spacial score (nSPS) is 28.6. The van der Waals surface area contributed by atoms with E-state index in [1.54, 1.807) is 0 Å². The van der Waals surface area contributed by atoms with Gasteiger partial charge in [0.25, 0.3) is 0 Å². The summed E-state index contributed by atoms with van der Waals surface area (Å²) in [6, 6.07) is 5.64. The molecule has 1 aromatic heterocycles. The van der Waals surface area contributed by atoms with E-state index in [2.05, 4.69) is 27.2 Å². The van der Waals surface area contributed by atoms with Crippen LogP contribution >= 0.6 is 0 Å². The lowest BCUT2D eigenvalue weighted by Crippen LogP contribution is -2.44. The number of amides is 1. The Morgan fingerprint density at radius 2 is 2.16 bits per heavy atom. The number of hydrogen-bond donors (Lipinski definition) is 1. The van der Waals surface area contributed by atoms with E-state index >= 15 is 0 Å². The minimum Gasteiger partial charge on any atom is -0.351 e. The summed E-state index contributed by atoms with van der Waals surface area (Å²) in [5.41, 5.74) is 2.45. The third kappa shape index (κ3) is 2.92. The van der Waals surface area contributed by atoms with Crippen molar-refractivity contribution in [2.75, 3.05) is 24.5 Å². The Labute approximate surface area is 149 Å². The van der Waals surface area contributed by atoms with Crippen molar-refractivity contribution >= 4 is 11.7 Å². The molecule has 4 heterocycles. The number of nitrogens with zero attached hydrogens (tertiary/aromatic N) is 3. The fraction of sp³-hybridized carbons (Fsp3) is 0.700. The van der Waals surface area contributed by atoms with E-state index in [1.807, 2.05) is 0 Å². The van der Waals surface area contributed by atoms with Crippen molar-refractivity contribution in [3.63, 3.8) is 0 Å². The number of anilines is 1. The molecule has 1 saturated carbocycles. The molecular weight excluding hydrogens is 312 g/mol. The van der Waals surface area contributed by atoms with Gasteiger partial charge in [-0.15, -0.1) is 0 Å². The van der Waals surface area contributed by atoms with Gasteiger partial charge in [0.05, 0.1) is 0 Å². The van der Waals surface area contributed by atoms with Crippen LogP contribution in [0.1, 0.15) is 49.8 Å². The Bertz CT molecular complexity index is 670. The second-order valence-electron chi connectivity index (χ2n) is 8.34. The largest absolute Gasteiger partial charge is 0.351 e. The molecule has 0 spiro atoms. The molecule has 3 fully saturated rings. The summed E-state index contributed by atoms with van der Waals surface area (Å²) in [5, 5.41) is 3.55. The Morgan fingerprint density at radius 3 is 2.92 bits per heavy atom. The minimum atomic E-state index is 0.351. The van der Waals surface area contributed by atoms with Crippen molar-refractivity contribution in [2.24, 2.45) is 5.92 Å². The molecule has 0 radical (unpaired) electrons. The zero-order valence-electron chi connectivity index (χ0n) is 14.9. The van der Waals surface area contributed by atoms with Crippen LogP contribution in [0.3, 0.4) is 0 Å². The average Bonchev–Trinajstić information content (AvgIpc) is 3.39. The van der Waals surface area contributed by atoms with Crippen LogP contribution in [0.2, 0.25) is 0 Å². The molecule has 5 heteroatoms. The Morgan fingerprint density at radius 1 is 1.28 bits per heavy atom. The maximum absolute atomic E-state index is 12.6. The number of piperazine rings is 1. The number of nitrogens with one attached hydrogen (secondary N) is 1. The van der Waals surface area contributed by atoms with Gasteiger partial charge >= 0.3 is 0 Å². The highest BCUT2D eigenvalue weighted by molar-refractivity contribution is 5.76. The van der Waals surface area contributed by atoms with Gasteiger partial charge in [0.15, 0.2) is 0 Å². The molecule has 134 valence electrons. The van der Waals surface area contributed by atoms with Gasteiger partial charge in [0.1, 0.15) is 5.82 Å². The van der Waals surface area contributed by atoms with Crippen molar-refractivity contribution in [3.8, 4) is 0 Å². The van der Waals surface area contributed by atoms with E-state index < -0.39 is 0 Å². The van der Waals surface area contributed by atoms with Crippen molar-refractivity contribution in [1.29, 1.82) is 0 Å². The molecule has 1 amide bonds. The molecule has 1 aromatic rings. The van der Waals surface area contributed by atoms with E-state index in [4.69, 9.17) is 4.98 Å². The topological polar surface area (TPSA) is 48.5 Å². The SMILES string of the molecule is O=C(CC1CCCC1)N1CCc2nc(N3C[C@H]4C[C@@H]3CN4)ccc2C1. The van der Waals surface area contributed by atoms with Crippen LogP contribution in [-0.2, 0) is 17.8 Å².